The Bertz CT molecular complexity index is 687. The van der Waals surface area contributed by atoms with E-state index < -0.39 is 29.8 Å². The van der Waals surface area contributed by atoms with Gasteiger partial charge in [0.05, 0.1) is 6.54 Å². The van der Waals surface area contributed by atoms with E-state index in [1.165, 1.54) is 19.1 Å². The molecule has 0 aliphatic carbocycles. The van der Waals surface area contributed by atoms with Gasteiger partial charge in [-0.05, 0) is 23.6 Å². The SMILES string of the molecule is CC(=O)NC(C(=O)N[C@@H](Cc1ccc(O)cc1)C(=O)NCC(N)=O)C(C)C. The lowest BCUT2D eigenvalue weighted by atomic mass is 10.0. The molecule has 2 atom stereocenters. The van der Waals surface area contributed by atoms with Gasteiger partial charge in [-0.1, -0.05) is 26.0 Å². The lowest BCUT2D eigenvalue weighted by Crippen LogP contribution is -2.56. The summed E-state index contributed by atoms with van der Waals surface area (Å²) in [6, 6.07) is 4.35. The molecule has 1 rings (SSSR count). The van der Waals surface area contributed by atoms with Gasteiger partial charge in [0.2, 0.25) is 23.6 Å². The standard InChI is InChI=1S/C18H26N4O5/c1-10(2)16(21-11(3)23)18(27)22-14(17(26)20-9-15(19)25)8-12-4-6-13(24)7-5-12/h4-7,10,14,16,24H,8-9H2,1-3H3,(H2,19,25)(H,20,26)(H,21,23)(H,22,27)/t14-,16?/m0/s1. The zero-order valence-electron chi connectivity index (χ0n) is 15.6. The zero-order valence-corrected chi connectivity index (χ0v) is 15.6. The van der Waals surface area contributed by atoms with Crippen LogP contribution in [0.25, 0.3) is 0 Å². The largest absolute Gasteiger partial charge is 0.508 e. The minimum Gasteiger partial charge on any atom is -0.508 e. The second-order valence-electron chi connectivity index (χ2n) is 6.54. The Labute approximate surface area is 157 Å². The number of amides is 4. The minimum absolute atomic E-state index is 0.0723. The fraction of sp³-hybridized carbons (Fsp3) is 0.444. The summed E-state index contributed by atoms with van der Waals surface area (Å²) in [5.74, 6) is -2.30. The van der Waals surface area contributed by atoms with Gasteiger partial charge in [-0.25, -0.2) is 0 Å². The summed E-state index contributed by atoms with van der Waals surface area (Å²) in [5, 5.41) is 16.9. The molecular weight excluding hydrogens is 352 g/mol. The van der Waals surface area contributed by atoms with Gasteiger partial charge in [-0.2, -0.15) is 0 Å². The molecule has 0 aliphatic rings. The summed E-state index contributed by atoms with van der Waals surface area (Å²) >= 11 is 0. The average Bonchev–Trinajstić information content (AvgIpc) is 2.58. The quantitative estimate of drug-likeness (QED) is 0.380. The Kier molecular flexibility index (Phi) is 8.25. The smallest absolute Gasteiger partial charge is 0.243 e. The monoisotopic (exact) mass is 378 g/mol. The van der Waals surface area contributed by atoms with Gasteiger partial charge in [-0.3, -0.25) is 19.2 Å². The van der Waals surface area contributed by atoms with Gasteiger partial charge in [0, 0.05) is 13.3 Å². The lowest BCUT2D eigenvalue weighted by molar-refractivity contribution is -0.133. The van der Waals surface area contributed by atoms with Crippen molar-refractivity contribution in [3.63, 3.8) is 0 Å². The summed E-state index contributed by atoms with van der Waals surface area (Å²) in [6.45, 7) is 4.47. The maximum Gasteiger partial charge on any atom is 0.243 e. The molecule has 0 radical (unpaired) electrons. The number of benzene rings is 1. The molecule has 0 bridgehead atoms. The topological polar surface area (TPSA) is 151 Å². The van der Waals surface area contributed by atoms with E-state index in [1.807, 2.05) is 0 Å². The molecule has 1 unspecified atom stereocenters. The van der Waals surface area contributed by atoms with Crippen LogP contribution in [0.2, 0.25) is 0 Å². The second-order valence-corrected chi connectivity index (χ2v) is 6.54. The maximum atomic E-state index is 12.6. The van der Waals surface area contributed by atoms with E-state index in [0.717, 1.165) is 0 Å². The highest BCUT2D eigenvalue weighted by atomic mass is 16.3. The third kappa shape index (κ3) is 7.76. The molecule has 6 N–H and O–H groups in total. The van der Waals surface area contributed by atoms with Crippen molar-refractivity contribution in [3.8, 4) is 5.75 Å². The molecule has 0 heterocycles. The number of carbonyl (C=O) groups is 4. The molecule has 27 heavy (non-hydrogen) atoms. The molecule has 0 fully saturated rings. The number of nitrogens with one attached hydrogen (secondary N) is 3. The first-order chi connectivity index (χ1) is 12.6. The van der Waals surface area contributed by atoms with Crippen LogP contribution in [0.1, 0.15) is 26.3 Å². The molecule has 9 nitrogen and oxygen atoms in total. The van der Waals surface area contributed by atoms with Gasteiger partial charge in [-0.15, -0.1) is 0 Å². The Morgan fingerprint density at radius 2 is 1.63 bits per heavy atom. The van der Waals surface area contributed by atoms with Crippen molar-refractivity contribution < 1.29 is 24.3 Å². The van der Waals surface area contributed by atoms with Crippen molar-refractivity contribution in [2.45, 2.75) is 39.3 Å². The van der Waals surface area contributed by atoms with E-state index >= 15 is 0 Å². The fourth-order valence-corrected chi connectivity index (χ4v) is 2.39. The van der Waals surface area contributed by atoms with Crippen molar-refractivity contribution in [1.29, 1.82) is 0 Å². The molecule has 0 aliphatic heterocycles. The first-order valence-electron chi connectivity index (χ1n) is 8.51. The highest BCUT2D eigenvalue weighted by Crippen LogP contribution is 2.12. The number of hydrogen-bond donors (Lipinski definition) is 5. The lowest BCUT2D eigenvalue weighted by Gasteiger charge is -2.25. The van der Waals surface area contributed by atoms with Gasteiger partial charge in [0.15, 0.2) is 0 Å². The molecule has 4 amide bonds. The van der Waals surface area contributed by atoms with Gasteiger partial charge in [0.1, 0.15) is 17.8 Å². The number of phenolic OH excluding ortho intramolecular Hbond substituents is 1. The Hall–Kier alpha value is -3.10. The van der Waals surface area contributed by atoms with Crippen molar-refractivity contribution in [2.24, 2.45) is 11.7 Å². The summed E-state index contributed by atoms with van der Waals surface area (Å²) < 4.78 is 0. The molecule has 0 saturated heterocycles. The van der Waals surface area contributed by atoms with Gasteiger partial charge >= 0.3 is 0 Å². The molecule has 0 spiro atoms. The van der Waals surface area contributed by atoms with Crippen LogP contribution >= 0.6 is 0 Å². The molecule has 0 aromatic heterocycles. The van der Waals surface area contributed by atoms with Crippen molar-refractivity contribution >= 4 is 23.6 Å². The van der Waals surface area contributed by atoms with Crippen LogP contribution < -0.4 is 21.7 Å². The number of rotatable bonds is 9. The van der Waals surface area contributed by atoms with E-state index in [0.29, 0.717) is 5.56 Å². The number of hydrogen-bond acceptors (Lipinski definition) is 5. The maximum absolute atomic E-state index is 12.6. The number of carbonyl (C=O) groups excluding carboxylic acids is 4. The average molecular weight is 378 g/mol. The molecule has 148 valence electrons. The van der Waals surface area contributed by atoms with Crippen molar-refractivity contribution in [2.75, 3.05) is 6.54 Å². The molecule has 9 heteroatoms. The number of aromatic hydroxyl groups is 1. The first kappa shape index (κ1) is 21.9. The van der Waals surface area contributed by atoms with Crippen molar-refractivity contribution in [3.05, 3.63) is 29.8 Å². The normalized spacial score (nSPS) is 12.7. The van der Waals surface area contributed by atoms with Crippen LogP contribution in [0.15, 0.2) is 24.3 Å². The van der Waals surface area contributed by atoms with E-state index in [1.54, 1.807) is 26.0 Å². The Balaban J connectivity index is 2.95. The van der Waals surface area contributed by atoms with Crippen LogP contribution in [0.5, 0.6) is 5.75 Å². The molecule has 1 aromatic rings. The van der Waals surface area contributed by atoms with Gasteiger partial charge in [0.25, 0.3) is 0 Å². The molecule has 1 aromatic carbocycles. The van der Waals surface area contributed by atoms with Crippen molar-refractivity contribution in [1.82, 2.24) is 16.0 Å². The number of primary amides is 1. The van der Waals surface area contributed by atoms with E-state index in [2.05, 4.69) is 16.0 Å². The Morgan fingerprint density at radius 1 is 1.04 bits per heavy atom. The second kappa shape index (κ2) is 10.1. The van der Waals surface area contributed by atoms with E-state index in [9.17, 15) is 24.3 Å². The predicted octanol–water partition coefficient (Wildman–Crippen LogP) is -0.818. The highest BCUT2D eigenvalue weighted by Gasteiger charge is 2.28. The Morgan fingerprint density at radius 3 is 2.11 bits per heavy atom. The molecule has 0 saturated carbocycles. The third-order valence-corrected chi connectivity index (χ3v) is 3.75. The highest BCUT2D eigenvalue weighted by molar-refractivity contribution is 5.93. The fourth-order valence-electron chi connectivity index (χ4n) is 2.39. The summed E-state index contributed by atoms with van der Waals surface area (Å²) in [6.07, 6.45) is 0.126. The number of nitrogens with two attached hydrogens (primary N) is 1. The van der Waals surface area contributed by atoms with Gasteiger partial charge < -0.3 is 26.8 Å². The summed E-state index contributed by atoms with van der Waals surface area (Å²) in [7, 11) is 0. The summed E-state index contributed by atoms with van der Waals surface area (Å²) in [4.78, 5) is 47.2. The first-order valence-corrected chi connectivity index (χ1v) is 8.51. The van der Waals surface area contributed by atoms with E-state index in [-0.39, 0.29) is 30.5 Å². The van der Waals surface area contributed by atoms with Crippen LogP contribution in [0.3, 0.4) is 0 Å². The van der Waals surface area contributed by atoms with Crippen LogP contribution in [-0.4, -0.2) is 47.4 Å². The zero-order chi connectivity index (χ0) is 20.6. The van der Waals surface area contributed by atoms with Crippen LogP contribution in [-0.2, 0) is 25.6 Å². The predicted molar refractivity (Wildman–Crippen MR) is 98.4 cm³/mol. The number of phenols is 1. The third-order valence-electron chi connectivity index (χ3n) is 3.75. The summed E-state index contributed by atoms with van der Waals surface area (Å²) in [5.41, 5.74) is 5.73. The molecular formula is C18H26N4O5. The van der Waals surface area contributed by atoms with Crippen LogP contribution in [0, 0.1) is 5.92 Å². The van der Waals surface area contributed by atoms with E-state index in [4.69, 9.17) is 5.73 Å². The van der Waals surface area contributed by atoms with Crippen LogP contribution in [0.4, 0.5) is 0 Å². The minimum atomic E-state index is -0.989.